The number of methoxy groups -OCH3 is 1. The summed E-state index contributed by atoms with van der Waals surface area (Å²) in [7, 11) is -0.647. The number of hydrogen-bond donors (Lipinski definition) is 0. The van der Waals surface area contributed by atoms with Gasteiger partial charge in [-0.2, -0.15) is 0 Å². The van der Waals surface area contributed by atoms with Crippen molar-refractivity contribution in [3.8, 4) is 0 Å². The molecule has 0 fully saturated rings. The molecule has 0 spiro atoms. The van der Waals surface area contributed by atoms with Crippen molar-refractivity contribution in [1.82, 2.24) is 0 Å². The third kappa shape index (κ3) is 3.97. The van der Waals surface area contributed by atoms with Crippen molar-refractivity contribution in [3.05, 3.63) is 60.7 Å². The molecule has 2 rings (SSSR count). The summed E-state index contributed by atoms with van der Waals surface area (Å²) in [5.41, 5.74) is 0. The molecule has 1 unspecified atom stereocenters. The lowest BCUT2D eigenvalue weighted by molar-refractivity contribution is 0.123. The molecule has 0 N–H and O–H groups in total. The summed E-state index contributed by atoms with van der Waals surface area (Å²) >= 11 is 0. The van der Waals surface area contributed by atoms with E-state index in [-0.39, 0.29) is 5.04 Å². The van der Waals surface area contributed by atoms with Gasteiger partial charge in [-0.3, -0.25) is 0 Å². The van der Waals surface area contributed by atoms with E-state index in [0.717, 1.165) is 6.61 Å². The lowest BCUT2D eigenvalue weighted by Gasteiger charge is -2.43. The van der Waals surface area contributed by atoms with Crippen LogP contribution < -0.4 is 10.4 Å². The zero-order chi connectivity index (χ0) is 17.6. The fourth-order valence-corrected chi connectivity index (χ4v) is 8.05. The molecule has 0 amide bonds. The standard InChI is InChI=1S/C21H30O2Si/c1-18(16-22-5)17-23-24(21(2,3)4,19-12-8-6-9-13-19)20-14-10-7-11-15-20/h6-15,18H,16-17H2,1-5H3. The van der Waals surface area contributed by atoms with Crippen molar-refractivity contribution in [2.45, 2.75) is 32.7 Å². The Labute approximate surface area is 148 Å². The predicted molar refractivity (Wildman–Crippen MR) is 105 cm³/mol. The molecule has 0 radical (unpaired) electrons. The van der Waals surface area contributed by atoms with Crippen LogP contribution in [-0.2, 0) is 9.16 Å². The van der Waals surface area contributed by atoms with Gasteiger partial charge in [-0.1, -0.05) is 88.4 Å². The van der Waals surface area contributed by atoms with E-state index in [0.29, 0.717) is 12.5 Å². The van der Waals surface area contributed by atoms with Crippen LogP contribution in [-0.4, -0.2) is 28.6 Å². The minimum Gasteiger partial charge on any atom is -0.407 e. The van der Waals surface area contributed by atoms with Gasteiger partial charge in [0, 0.05) is 19.6 Å². The Balaban J connectivity index is 2.53. The zero-order valence-corrected chi connectivity index (χ0v) is 16.6. The van der Waals surface area contributed by atoms with Crippen LogP contribution in [0.1, 0.15) is 27.7 Å². The Kier molecular flexibility index (Phi) is 6.38. The first-order chi connectivity index (χ1) is 11.4. The van der Waals surface area contributed by atoms with Gasteiger partial charge in [0.2, 0.25) is 0 Å². The normalized spacial score (nSPS) is 13.7. The fourth-order valence-electron chi connectivity index (χ4n) is 3.36. The molecule has 0 aliphatic rings. The summed E-state index contributed by atoms with van der Waals surface area (Å²) in [6.45, 7) is 10.5. The van der Waals surface area contributed by atoms with E-state index < -0.39 is 8.32 Å². The quantitative estimate of drug-likeness (QED) is 0.712. The van der Waals surface area contributed by atoms with Crippen molar-refractivity contribution >= 4 is 18.7 Å². The lowest BCUT2D eigenvalue weighted by Crippen LogP contribution is -2.66. The average Bonchev–Trinajstić information content (AvgIpc) is 2.56. The minimum absolute atomic E-state index is 0.0303. The van der Waals surface area contributed by atoms with E-state index >= 15 is 0 Å². The smallest absolute Gasteiger partial charge is 0.261 e. The number of hydrogen-bond acceptors (Lipinski definition) is 2. The molecule has 0 saturated carbocycles. The molecule has 1 atom stereocenters. The maximum atomic E-state index is 6.84. The van der Waals surface area contributed by atoms with Crippen LogP contribution in [0, 0.1) is 5.92 Å². The molecule has 0 aliphatic heterocycles. The van der Waals surface area contributed by atoms with Gasteiger partial charge >= 0.3 is 0 Å². The zero-order valence-electron chi connectivity index (χ0n) is 15.6. The summed E-state index contributed by atoms with van der Waals surface area (Å²) in [4.78, 5) is 0. The summed E-state index contributed by atoms with van der Waals surface area (Å²) < 4.78 is 12.1. The molecule has 2 nitrogen and oxygen atoms in total. The highest BCUT2D eigenvalue weighted by Gasteiger charge is 2.50. The molecule has 0 aromatic heterocycles. The van der Waals surface area contributed by atoms with Crippen LogP contribution in [0.3, 0.4) is 0 Å². The van der Waals surface area contributed by atoms with Crippen LogP contribution in [0.15, 0.2) is 60.7 Å². The second-order valence-corrected chi connectivity index (χ2v) is 11.8. The van der Waals surface area contributed by atoms with Crippen LogP contribution >= 0.6 is 0 Å². The van der Waals surface area contributed by atoms with Gasteiger partial charge in [0.25, 0.3) is 8.32 Å². The van der Waals surface area contributed by atoms with Crippen LogP contribution in [0.4, 0.5) is 0 Å². The number of benzene rings is 2. The summed E-state index contributed by atoms with van der Waals surface area (Å²) in [5, 5.41) is 2.68. The topological polar surface area (TPSA) is 18.5 Å². The molecule has 0 heterocycles. The largest absolute Gasteiger partial charge is 0.407 e. The number of ether oxygens (including phenoxy) is 1. The molecule has 0 bridgehead atoms. The van der Waals surface area contributed by atoms with Crippen molar-refractivity contribution in [1.29, 1.82) is 0 Å². The Morgan fingerprint density at radius 2 is 1.29 bits per heavy atom. The molecular formula is C21H30O2Si. The molecule has 0 aliphatic carbocycles. The van der Waals surface area contributed by atoms with Crippen LogP contribution in [0.25, 0.3) is 0 Å². The van der Waals surface area contributed by atoms with E-state index in [9.17, 15) is 0 Å². The van der Waals surface area contributed by atoms with Crippen molar-refractivity contribution in [3.63, 3.8) is 0 Å². The van der Waals surface area contributed by atoms with E-state index in [2.05, 4.69) is 88.4 Å². The van der Waals surface area contributed by atoms with Gasteiger partial charge in [0.1, 0.15) is 0 Å². The van der Waals surface area contributed by atoms with Gasteiger partial charge in [-0.15, -0.1) is 0 Å². The van der Waals surface area contributed by atoms with Gasteiger partial charge in [0.15, 0.2) is 0 Å². The summed E-state index contributed by atoms with van der Waals surface area (Å²) in [6.07, 6.45) is 0. The van der Waals surface area contributed by atoms with Crippen LogP contribution in [0.5, 0.6) is 0 Å². The first-order valence-electron chi connectivity index (χ1n) is 8.65. The maximum Gasteiger partial charge on any atom is 0.261 e. The average molecular weight is 343 g/mol. The second-order valence-electron chi connectivity index (χ2n) is 7.53. The van der Waals surface area contributed by atoms with E-state index in [1.54, 1.807) is 7.11 Å². The Morgan fingerprint density at radius 3 is 1.67 bits per heavy atom. The first-order valence-corrected chi connectivity index (χ1v) is 10.6. The molecule has 2 aromatic rings. The SMILES string of the molecule is COCC(C)CO[Si](c1ccccc1)(c1ccccc1)C(C)(C)C. The van der Waals surface area contributed by atoms with Crippen molar-refractivity contribution in [2.24, 2.45) is 5.92 Å². The summed E-state index contributed by atoms with van der Waals surface area (Å²) in [6, 6.07) is 21.5. The Bertz CT molecular complexity index is 565. The molecule has 0 saturated heterocycles. The third-order valence-electron chi connectivity index (χ3n) is 4.45. The molecular weight excluding hydrogens is 312 g/mol. The summed E-state index contributed by atoms with van der Waals surface area (Å²) in [5.74, 6) is 0.372. The highest BCUT2D eigenvalue weighted by Crippen LogP contribution is 2.36. The van der Waals surface area contributed by atoms with Crippen molar-refractivity contribution in [2.75, 3.05) is 20.3 Å². The minimum atomic E-state index is -2.40. The van der Waals surface area contributed by atoms with E-state index in [1.807, 2.05) is 0 Å². The van der Waals surface area contributed by atoms with Gasteiger partial charge in [-0.05, 0) is 15.4 Å². The van der Waals surface area contributed by atoms with E-state index in [1.165, 1.54) is 10.4 Å². The maximum absolute atomic E-state index is 6.84. The van der Waals surface area contributed by atoms with Gasteiger partial charge in [0.05, 0.1) is 6.61 Å². The first kappa shape index (κ1) is 18.9. The van der Waals surface area contributed by atoms with Crippen molar-refractivity contribution < 1.29 is 9.16 Å². The third-order valence-corrected chi connectivity index (χ3v) is 9.46. The molecule has 3 heteroatoms. The predicted octanol–water partition coefficient (Wildman–Crippen LogP) is 3.85. The Morgan fingerprint density at radius 1 is 0.833 bits per heavy atom. The fraction of sp³-hybridized carbons (Fsp3) is 0.429. The van der Waals surface area contributed by atoms with Gasteiger partial charge < -0.3 is 9.16 Å². The van der Waals surface area contributed by atoms with Gasteiger partial charge in [-0.25, -0.2) is 0 Å². The monoisotopic (exact) mass is 342 g/mol. The lowest BCUT2D eigenvalue weighted by atomic mass is 10.2. The molecule has 24 heavy (non-hydrogen) atoms. The second kappa shape index (κ2) is 8.10. The van der Waals surface area contributed by atoms with Crippen LogP contribution in [0.2, 0.25) is 5.04 Å². The highest BCUT2D eigenvalue weighted by atomic mass is 28.4. The van der Waals surface area contributed by atoms with E-state index in [4.69, 9.17) is 9.16 Å². The number of rotatable bonds is 7. The molecule has 130 valence electrons. The molecule has 2 aromatic carbocycles. The highest BCUT2D eigenvalue weighted by molar-refractivity contribution is 6.99. The Hall–Kier alpha value is -1.42.